The molecule has 1 aliphatic rings. The molecule has 1 heterocycles. The molecule has 0 aliphatic heterocycles. The fourth-order valence-corrected chi connectivity index (χ4v) is 3.77. The van der Waals surface area contributed by atoms with Crippen LogP contribution in [0.25, 0.3) is 0 Å². The minimum absolute atomic E-state index is 0.0677. The second-order valence-corrected chi connectivity index (χ2v) is 6.85. The van der Waals surface area contributed by atoms with Crippen molar-refractivity contribution < 1.29 is 0 Å². The summed E-state index contributed by atoms with van der Waals surface area (Å²) in [5, 5.41) is 0. The Morgan fingerprint density at radius 1 is 1.42 bits per heavy atom. The normalized spacial score (nSPS) is 28.6. The van der Waals surface area contributed by atoms with Gasteiger partial charge in [-0.25, -0.2) is 4.98 Å². The van der Waals surface area contributed by atoms with Crippen LogP contribution in [0.4, 0.5) is 0 Å². The number of nitrogens with zero attached hydrogens (tertiary/aromatic N) is 2. The Hall–Kier alpha value is -0.830. The number of nitrogens with two attached hydrogens (primary N) is 1. The summed E-state index contributed by atoms with van der Waals surface area (Å²) >= 11 is 0. The van der Waals surface area contributed by atoms with Crippen LogP contribution in [0.2, 0.25) is 0 Å². The highest BCUT2D eigenvalue weighted by atomic mass is 15.1. The second kappa shape index (κ2) is 5.66. The van der Waals surface area contributed by atoms with Gasteiger partial charge in [0.25, 0.3) is 0 Å². The maximum absolute atomic E-state index is 6.45. The van der Waals surface area contributed by atoms with Crippen LogP contribution in [0.5, 0.6) is 0 Å². The van der Waals surface area contributed by atoms with Crippen LogP contribution in [-0.4, -0.2) is 15.6 Å². The molecule has 2 N–H and O–H groups in total. The van der Waals surface area contributed by atoms with Gasteiger partial charge >= 0.3 is 0 Å². The highest BCUT2D eigenvalue weighted by Gasteiger charge is 2.40. The van der Waals surface area contributed by atoms with E-state index in [1.807, 2.05) is 6.20 Å². The Labute approximate surface area is 117 Å². The fourth-order valence-electron chi connectivity index (χ4n) is 3.77. The summed E-state index contributed by atoms with van der Waals surface area (Å²) in [6.07, 6.45) is 8.88. The number of hydrogen-bond acceptors (Lipinski definition) is 2. The topological polar surface area (TPSA) is 43.8 Å². The molecule has 0 aromatic carbocycles. The van der Waals surface area contributed by atoms with Crippen LogP contribution in [0, 0.1) is 11.8 Å². The van der Waals surface area contributed by atoms with Crippen molar-refractivity contribution in [1.29, 1.82) is 0 Å². The van der Waals surface area contributed by atoms with Crippen LogP contribution in [0.3, 0.4) is 0 Å². The average Bonchev–Trinajstić information content (AvgIpc) is 2.78. The molecule has 3 unspecified atom stereocenters. The number of rotatable bonds is 4. The summed E-state index contributed by atoms with van der Waals surface area (Å²) in [4.78, 5) is 4.64. The van der Waals surface area contributed by atoms with Crippen LogP contribution < -0.4 is 5.73 Å². The first-order chi connectivity index (χ1) is 8.96. The SMILES string of the molecule is CCCn1ccnc1C(C)(C)C1CCC(C)CC1N. The molecule has 1 aliphatic carbocycles. The summed E-state index contributed by atoms with van der Waals surface area (Å²) in [6, 6.07) is 0.311. The summed E-state index contributed by atoms with van der Waals surface area (Å²) in [5.74, 6) is 2.53. The van der Waals surface area contributed by atoms with Crippen LogP contribution in [-0.2, 0) is 12.0 Å². The minimum atomic E-state index is 0.0677. The molecule has 3 heteroatoms. The molecule has 3 atom stereocenters. The Morgan fingerprint density at radius 3 is 2.79 bits per heavy atom. The Morgan fingerprint density at radius 2 is 2.16 bits per heavy atom. The van der Waals surface area contributed by atoms with Crippen molar-refractivity contribution in [3.8, 4) is 0 Å². The van der Waals surface area contributed by atoms with Crippen LogP contribution in [0.1, 0.15) is 59.2 Å². The molecule has 0 radical (unpaired) electrons. The lowest BCUT2D eigenvalue weighted by Gasteiger charge is -2.42. The third kappa shape index (κ3) is 2.86. The molecule has 0 saturated heterocycles. The minimum Gasteiger partial charge on any atom is -0.334 e. The Balaban J connectivity index is 2.23. The quantitative estimate of drug-likeness (QED) is 0.905. The van der Waals surface area contributed by atoms with Crippen molar-refractivity contribution in [2.45, 2.75) is 71.4 Å². The zero-order chi connectivity index (χ0) is 14.0. The van der Waals surface area contributed by atoms with Crippen molar-refractivity contribution in [3.63, 3.8) is 0 Å². The van der Waals surface area contributed by atoms with Gasteiger partial charge in [0.2, 0.25) is 0 Å². The van der Waals surface area contributed by atoms with E-state index in [1.54, 1.807) is 0 Å². The molecule has 1 aromatic rings. The van der Waals surface area contributed by atoms with Gasteiger partial charge in [-0.2, -0.15) is 0 Å². The van der Waals surface area contributed by atoms with E-state index >= 15 is 0 Å². The van der Waals surface area contributed by atoms with Gasteiger partial charge in [0, 0.05) is 30.4 Å². The van der Waals surface area contributed by atoms with E-state index < -0.39 is 0 Å². The van der Waals surface area contributed by atoms with E-state index in [-0.39, 0.29) is 5.41 Å². The van der Waals surface area contributed by atoms with Gasteiger partial charge in [-0.3, -0.25) is 0 Å². The zero-order valence-corrected chi connectivity index (χ0v) is 12.9. The summed E-state index contributed by atoms with van der Waals surface area (Å²) in [6.45, 7) is 10.2. The second-order valence-electron chi connectivity index (χ2n) is 6.85. The smallest absolute Gasteiger partial charge is 0.114 e. The predicted molar refractivity (Wildman–Crippen MR) is 80.0 cm³/mol. The monoisotopic (exact) mass is 263 g/mol. The van der Waals surface area contributed by atoms with E-state index in [0.717, 1.165) is 25.3 Å². The average molecular weight is 263 g/mol. The van der Waals surface area contributed by atoms with Crippen molar-refractivity contribution in [2.24, 2.45) is 17.6 Å². The van der Waals surface area contributed by atoms with E-state index in [2.05, 4.69) is 43.4 Å². The summed E-state index contributed by atoms with van der Waals surface area (Å²) < 4.78 is 2.31. The largest absolute Gasteiger partial charge is 0.334 e. The molecule has 0 amide bonds. The van der Waals surface area contributed by atoms with E-state index in [1.165, 1.54) is 18.7 Å². The first-order valence-electron chi connectivity index (χ1n) is 7.74. The standard InChI is InChI=1S/C16H29N3/c1-5-9-19-10-8-18-15(19)16(3,4)13-7-6-12(2)11-14(13)17/h8,10,12-14H,5-7,9,11,17H2,1-4H3. The van der Waals surface area contributed by atoms with E-state index in [4.69, 9.17) is 5.73 Å². The fraction of sp³-hybridized carbons (Fsp3) is 0.812. The summed E-state index contributed by atoms with van der Waals surface area (Å²) in [5.41, 5.74) is 6.52. The van der Waals surface area contributed by atoms with Gasteiger partial charge in [-0.05, 0) is 31.1 Å². The predicted octanol–water partition coefficient (Wildman–Crippen LogP) is 3.33. The van der Waals surface area contributed by atoms with Gasteiger partial charge in [-0.1, -0.05) is 34.1 Å². The number of imidazole rings is 1. The number of aryl methyl sites for hydroxylation is 1. The van der Waals surface area contributed by atoms with Crippen LogP contribution >= 0.6 is 0 Å². The molecule has 1 saturated carbocycles. The van der Waals surface area contributed by atoms with Crippen molar-refractivity contribution >= 4 is 0 Å². The first kappa shape index (κ1) is 14.6. The molecular formula is C16H29N3. The highest BCUT2D eigenvalue weighted by molar-refractivity contribution is 5.12. The number of hydrogen-bond donors (Lipinski definition) is 1. The third-order valence-corrected chi connectivity index (χ3v) is 4.85. The lowest BCUT2D eigenvalue weighted by atomic mass is 9.66. The van der Waals surface area contributed by atoms with Gasteiger partial charge in [0.15, 0.2) is 0 Å². The van der Waals surface area contributed by atoms with Gasteiger partial charge < -0.3 is 10.3 Å². The van der Waals surface area contributed by atoms with Crippen molar-refractivity contribution in [3.05, 3.63) is 18.2 Å². The first-order valence-corrected chi connectivity index (χ1v) is 7.74. The molecule has 0 spiro atoms. The van der Waals surface area contributed by atoms with Crippen molar-refractivity contribution in [1.82, 2.24) is 9.55 Å². The lowest BCUT2D eigenvalue weighted by molar-refractivity contribution is 0.161. The lowest BCUT2D eigenvalue weighted by Crippen LogP contribution is -2.46. The Bertz CT molecular complexity index is 408. The molecule has 19 heavy (non-hydrogen) atoms. The van der Waals surface area contributed by atoms with E-state index in [9.17, 15) is 0 Å². The molecule has 1 fully saturated rings. The van der Waals surface area contributed by atoms with Gasteiger partial charge in [0.1, 0.15) is 5.82 Å². The summed E-state index contributed by atoms with van der Waals surface area (Å²) in [7, 11) is 0. The van der Waals surface area contributed by atoms with Gasteiger partial charge in [-0.15, -0.1) is 0 Å². The van der Waals surface area contributed by atoms with Gasteiger partial charge in [0.05, 0.1) is 0 Å². The third-order valence-electron chi connectivity index (χ3n) is 4.85. The molecule has 0 bridgehead atoms. The maximum Gasteiger partial charge on any atom is 0.114 e. The molecule has 2 rings (SSSR count). The molecule has 3 nitrogen and oxygen atoms in total. The molecular weight excluding hydrogens is 234 g/mol. The Kier molecular flexibility index (Phi) is 4.34. The van der Waals surface area contributed by atoms with Crippen molar-refractivity contribution in [2.75, 3.05) is 0 Å². The zero-order valence-electron chi connectivity index (χ0n) is 12.9. The van der Waals surface area contributed by atoms with Crippen LogP contribution in [0.15, 0.2) is 12.4 Å². The van der Waals surface area contributed by atoms with E-state index in [0.29, 0.717) is 12.0 Å². The molecule has 1 aromatic heterocycles. The molecule has 108 valence electrons. The maximum atomic E-state index is 6.45. The number of aromatic nitrogens is 2. The highest BCUT2D eigenvalue weighted by Crippen LogP contribution is 2.41.